The third-order valence-corrected chi connectivity index (χ3v) is 16.8. The summed E-state index contributed by atoms with van der Waals surface area (Å²) in [5.74, 6) is 1.70. The van der Waals surface area contributed by atoms with E-state index in [2.05, 4.69) is 343 Å². The SMILES string of the molecule is COc1ccc(N(C)c2ccc(-c3ccc(N(c4ccc(-c5ccccc5)cc4)c4cccc5ccccc45)cc3)cc2)cc1.COc1cccc(N(C)c2ccc(-c3ccc(N(c4ccc(-c5ccccc5)cc4)c4cccc5ccccc45)cc3)cc2)c1. The molecule has 436 valence electrons. The van der Waals surface area contributed by atoms with Gasteiger partial charge in [-0.25, -0.2) is 0 Å². The molecule has 0 radical (unpaired) electrons. The molecule has 6 nitrogen and oxygen atoms in total. The van der Waals surface area contributed by atoms with Crippen LogP contribution in [0.25, 0.3) is 66.1 Å². The Morgan fingerprint density at radius 3 is 0.844 bits per heavy atom. The highest BCUT2D eigenvalue weighted by Gasteiger charge is 2.19. The number of benzene rings is 14. The Bertz CT molecular complexity index is 4640. The third kappa shape index (κ3) is 12.5. The quantitative estimate of drug-likeness (QED) is 0.0958. The third-order valence-electron chi connectivity index (χ3n) is 16.8. The summed E-state index contributed by atoms with van der Waals surface area (Å²) in [7, 11) is 7.54. The van der Waals surface area contributed by atoms with Gasteiger partial charge in [-0.3, -0.25) is 0 Å². The molecule has 0 amide bonds. The number of anilines is 10. The normalized spacial score (nSPS) is 10.9. The molecular formula is C84H68N4O2. The van der Waals surface area contributed by atoms with Gasteiger partial charge in [0.25, 0.3) is 0 Å². The van der Waals surface area contributed by atoms with E-state index in [-0.39, 0.29) is 0 Å². The van der Waals surface area contributed by atoms with Gasteiger partial charge in [0.05, 0.1) is 25.6 Å². The number of hydrogen-bond acceptors (Lipinski definition) is 6. The summed E-state index contributed by atoms with van der Waals surface area (Å²) >= 11 is 0. The minimum absolute atomic E-state index is 0.848. The van der Waals surface area contributed by atoms with Gasteiger partial charge in [0.15, 0.2) is 0 Å². The predicted molar refractivity (Wildman–Crippen MR) is 381 cm³/mol. The van der Waals surface area contributed by atoms with E-state index in [0.717, 1.165) is 68.4 Å². The molecule has 14 rings (SSSR count). The maximum absolute atomic E-state index is 5.42. The number of hydrogen-bond donors (Lipinski definition) is 0. The molecule has 0 aliphatic rings. The molecule has 0 bridgehead atoms. The Balaban J connectivity index is 0.000000165. The Kier molecular flexibility index (Phi) is 17.0. The lowest BCUT2D eigenvalue weighted by Gasteiger charge is -2.27. The van der Waals surface area contributed by atoms with Crippen molar-refractivity contribution < 1.29 is 9.47 Å². The molecule has 0 aliphatic heterocycles. The summed E-state index contributed by atoms with van der Waals surface area (Å²) in [5.41, 5.74) is 20.7. The Labute approximate surface area is 528 Å². The van der Waals surface area contributed by atoms with Crippen molar-refractivity contribution in [2.24, 2.45) is 0 Å². The zero-order valence-electron chi connectivity index (χ0n) is 50.9. The molecule has 6 heteroatoms. The van der Waals surface area contributed by atoms with E-state index in [9.17, 15) is 0 Å². The molecule has 0 fully saturated rings. The smallest absolute Gasteiger partial charge is 0.120 e. The van der Waals surface area contributed by atoms with E-state index in [1.807, 2.05) is 30.3 Å². The fourth-order valence-electron chi connectivity index (χ4n) is 11.8. The molecule has 90 heavy (non-hydrogen) atoms. The van der Waals surface area contributed by atoms with Crippen molar-refractivity contribution in [3.8, 4) is 56.0 Å². The zero-order chi connectivity index (χ0) is 61.2. The number of fused-ring (bicyclic) bond motifs is 2. The van der Waals surface area contributed by atoms with Crippen LogP contribution in [0.1, 0.15) is 0 Å². The van der Waals surface area contributed by atoms with E-state index in [1.54, 1.807) is 14.2 Å². The van der Waals surface area contributed by atoms with Gasteiger partial charge in [0.2, 0.25) is 0 Å². The summed E-state index contributed by atoms with van der Waals surface area (Å²) in [6.45, 7) is 0. The van der Waals surface area contributed by atoms with Gasteiger partial charge in [-0.15, -0.1) is 0 Å². The van der Waals surface area contributed by atoms with Crippen LogP contribution in [0.3, 0.4) is 0 Å². The lowest BCUT2D eigenvalue weighted by Crippen LogP contribution is -2.10. The van der Waals surface area contributed by atoms with Crippen LogP contribution in [0, 0.1) is 0 Å². The van der Waals surface area contributed by atoms with Crippen molar-refractivity contribution in [1.29, 1.82) is 0 Å². The van der Waals surface area contributed by atoms with Crippen molar-refractivity contribution >= 4 is 78.4 Å². The summed E-state index contributed by atoms with van der Waals surface area (Å²) in [4.78, 5) is 9.05. The van der Waals surface area contributed by atoms with Crippen molar-refractivity contribution in [1.82, 2.24) is 0 Å². The first-order chi connectivity index (χ1) is 44.3. The first kappa shape index (κ1) is 57.5. The number of ether oxygens (including phenoxy) is 2. The average molecular weight is 1170 g/mol. The minimum atomic E-state index is 0.848. The van der Waals surface area contributed by atoms with Gasteiger partial charge in [0.1, 0.15) is 11.5 Å². The van der Waals surface area contributed by atoms with Crippen LogP contribution < -0.4 is 29.1 Å². The van der Waals surface area contributed by atoms with Crippen molar-refractivity contribution in [2.75, 3.05) is 47.9 Å². The Hall–Kier alpha value is -11.6. The number of nitrogens with zero attached hydrogens (tertiary/aromatic N) is 4. The van der Waals surface area contributed by atoms with Crippen molar-refractivity contribution in [3.63, 3.8) is 0 Å². The summed E-state index contributed by atoms with van der Waals surface area (Å²) in [5, 5.41) is 4.87. The minimum Gasteiger partial charge on any atom is -0.497 e. The van der Waals surface area contributed by atoms with Crippen LogP contribution in [-0.2, 0) is 0 Å². The molecule has 0 heterocycles. The van der Waals surface area contributed by atoms with E-state index in [4.69, 9.17) is 9.47 Å². The summed E-state index contributed by atoms with van der Waals surface area (Å²) < 4.78 is 10.7. The molecule has 14 aromatic carbocycles. The average Bonchev–Trinajstić information content (AvgIpc) is 1.27. The van der Waals surface area contributed by atoms with Gasteiger partial charge in [0, 0.05) is 76.4 Å². The second-order valence-corrected chi connectivity index (χ2v) is 22.2. The van der Waals surface area contributed by atoms with Gasteiger partial charge >= 0.3 is 0 Å². The number of methoxy groups -OCH3 is 2. The van der Waals surface area contributed by atoms with E-state index in [0.29, 0.717) is 0 Å². The summed E-state index contributed by atoms with van der Waals surface area (Å²) in [6, 6.07) is 120. The molecule has 14 aromatic rings. The molecule has 0 unspecified atom stereocenters. The van der Waals surface area contributed by atoms with Crippen molar-refractivity contribution in [3.05, 3.63) is 340 Å². The molecule has 0 saturated heterocycles. The molecule has 0 N–H and O–H groups in total. The van der Waals surface area contributed by atoms with Crippen LogP contribution in [0.5, 0.6) is 11.5 Å². The van der Waals surface area contributed by atoms with E-state index in [1.165, 1.54) is 66.1 Å². The van der Waals surface area contributed by atoms with Crippen LogP contribution in [-0.4, -0.2) is 28.3 Å². The standard InChI is InChI=1S/2C42H34N2O/c1-43(39-14-9-15-40(30-39)45-2)36-24-18-33(19-25-36)34-22-28-38(29-23-34)44(42-17-8-13-35-12-6-7-16-41(35)42)37-26-20-32(21-27-37)31-10-4-3-5-11-31;1-43(37-27-29-40(45-2)30-28-37)36-21-15-33(16-22-36)34-19-25-39(26-20-34)44(42-14-8-12-35-11-6-7-13-41(35)42)38-23-17-32(18-24-38)31-9-4-3-5-10-31/h2*3-30H,1-2H3. The van der Waals surface area contributed by atoms with Gasteiger partial charge < -0.3 is 29.1 Å². The van der Waals surface area contributed by atoms with Crippen LogP contribution in [0.2, 0.25) is 0 Å². The van der Waals surface area contributed by atoms with E-state index < -0.39 is 0 Å². The molecule has 0 atom stereocenters. The fourth-order valence-corrected chi connectivity index (χ4v) is 11.8. The number of rotatable bonds is 16. The second kappa shape index (κ2) is 26.6. The van der Waals surface area contributed by atoms with E-state index >= 15 is 0 Å². The second-order valence-electron chi connectivity index (χ2n) is 22.2. The van der Waals surface area contributed by atoms with Gasteiger partial charge in [-0.05, 0) is 177 Å². The highest BCUT2D eigenvalue weighted by Crippen LogP contribution is 2.43. The molecule has 0 saturated carbocycles. The predicted octanol–water partition coefficient (Wildman–Crippen LogP) is 22.8. The molecule has 0 aromatic heterocycles. The van der Waals surface area contributed by atoms with Crippen LogP contribution >= 0.6 is 0 Å². The molecule has 0 spiro atoms. The Morgan fingerprint density at radius 2 is 0.489 bits per heavy atom. The molecular weight excluding hydrogens is 1100 g/mol. The fraction of sp³-hybridized carbons (Fsp3) is 0.0476. The van der Waals surface area contributed by atoms with Crippen LogP contribution in [0.4, 0.5) is 56.9 Å². The topological polar surface area (TPSA) is 31.4 Å². The van der Waals surface area contributed by atoms with Gasteiger partial charge in [-0.1, -0.05) is 212 Å². The van der Waals surface area contributed by atoms with Gasteiger partial charge in [-0.2, -0.15) is 0 Å². The highest BCUT2D eigenvalue weighted by molar-refractivity contribution is 6.00. The van der Waals surface area contributed by atoms with Crippen molar-refractivity contribution in [2.45, 2.75) is 0 Å². The first-order valence-corrected chi connectivity index (χ1v) is 30.4. The first-order valence-electron chi connectivity index (χ1n) is 30.4. The maximum atomic E-state index is 5.42. The lowest BCUT2D eigenvalue weighted by molar-refractivity contribution is 0.415. The highest BCUT2D eigenvalue weighted by atomic mass is 16.5. The maximum Gasteiger partial charge on any atom is 0.120 e. The Morgan fingerprint density at radius 1 is 0.211 bits per heavy atom. The zero-order valence-corrected chi connectivity index (χ0v) is 50.9. The summed E-state index contributed by atoms with van der Waals surface area (Å²) in [6.07, 6.45) is 0. The lowest BCUT2D eigenvalue weighted by atomic mass is 10.0. The monoisotopic (exact) mass is 1160 g/mol. The van der Waals surface area contributed by atoms with Crippen LogP contribution in [0.15, 0.2) is 340 Å². The largest absolute Gasteiger partial charge is 0.497 e. The molecule has 0 aliphatic carbocycles.